The molecule has 0 aliphatic carbocycles. The lowest BCUT2D eigenvalue weighted by Crippen LogP contribution is -2.54. The van der Waals surface area contributed by atoms with Crippen molar-refractivity contribution < 1.29 is 18.3 Å². The van der Waals surface area contributed by atoms with Crippen LogP contribution >= 0.6 is 11.8 Å². The molecule has 8 heteroatoms. The monoisotopic (exact) mass is 296 g/mol. The van der Waals surface area contributed by atoms with Crippen LogP contribution in [-0.2, 0) is 15.0 Å². The predicted octanol–water partition coefficient (Wildman–Crippen LogP) is 0.465. The highest BCUT2D eigenvalue weighted by Crippen LogP contribution is 2.21. The number of carboxylic acids is 1. The Balaban J connectivity index is 2.83. The third kappa shape index (κ3) is 3.59. The molecule has 0 amide bonds. The molecular formula is C10H20N2O4S2. The fourth-order valence-electron chi connectivity index (χ4n) is 1.73. The smallest absolute Gasteiger partial charge is 0.322 e. The third-order valence-corrected chi connectivity index (χ3v) is 5.90. The van der Waals surface area contributed by atoms with E-state index in [-0.39, 0.29) is 6.54 Å². The van der Waals surface area contributed by atoms with Crippen LogP contribution in [0.25, 0.3) is 0 Å². The average Bonchev–Trinajstić information content (AvgIpc) is 2.35. The number of aliphatic carboxylic acids is 1. The van der Waals surface area contributed by atoms with Crippen molar-refractivity contribution in [1.82, 2.24) is 8.61 Å². The minimum atomic E-state index is -3.66. The summed E-state index contributed by atoms with van der Waals surface area (Å²) in [5.41, 5.74) is 0. The van der Waals surface area contributed by atoms with Gasteiger partial charge in [0, 0.05) is 31.6 Å². The van der Waals surface area contributed by atoms with Crippen molar-refractivity contribution in [1.29, 1.82) is 0 Å². The van der Waals surface area contributed by atoms with Gasteiger partial charge in [-0.15, -0.1) is 0 Å². The van der Waals surface area contributed by atoms with Gasteiger partial charge in [-0.3, -0.25) is 4.79 Å². The van der Waals surface area contributed by atoms with Gasteiger partial charge in [-0.05, 0) is 6.42 Å². The first-order valence-corrected chi connectivity index (χ1v) is 8.50. The molecule has 0 aromatic carbocycles. The molecule has 1 N–H and O–H groups in total. The molecule has 1 saturated heterocycles. The van der Waals surface area contributed by atoms with Crippen LogP contribution in [0.5, 0.6) is 0 Å². The Morgan fingerprint density at radius 3 is 2.78 bits per heavy atom. The molecule has 18 heavy (non-hydrogen) atoms. The fraction of sp³-hybridized carbons (Fsp3) is 0.900. The molecule has 1 atom stereocenters. The molecule has 0 aromatic heterocycles. The quantitative estimate of drug-likeness (QED) is 0.770. The van der Waals surface area contributed by atoms with E-state index in [1.165, 1.54) is 23.1 Å². The molecule has 0 radical (unpaired) electrons. The Morgan fingerprint density at radius 1 is 1.56 bits per heavy atom. The first-order valence-electron chi connectivity index (χ1n) is 5.95. The molecule has 0 aromatic rings. The molecule has 1 heterocycles. The maximum Gasteiger partial charge on any atom is 0.322 e. The van der Waals surface area contributed by atoms with Crippen molar-refractivity contribution in [2.24, 2.45) is 0 Å². The van der Waals surface area contributed by atoms with Crippen LogP contribution in [0.3, 0.4) is 0 Å². The zero-order valence-electron chi connectivity index (χ0n) is 10.7. The van der Waals surface area contributed by atoms with Crippen molar-refractivity contribution in [2.45, 2.75) is 25.8 Å². The highest BCUT2D eigenvalue weighted by atomic mass is 32.2. The van der Waals surface area contributed by atoms with Crippen molar-refractivity contribution in [3.05, 3.63) is 0 Å². The Kier molecular flexibility index (Phi) is 5.90. The van der Waals surface area contributed by atoms with Crippen molar-refractivity contribution in [2.75, 3.05) is 31.6 Å². The Labute approximate surface area is 113 Å². The number of nitrogens with zero attached hydrogens (tertiary/aromatic N) is 2. The second kappa shape index (κ2) is 6.74. The topological polar surface area (TPSA) is 77.9 Å². The molecule has 0 spiro atoms. The lowest BCUT2D eigenvalue weighted by Gasteiger charge is -2.34. The Bertz CT molecular complexity index is 385. The van der Waals surface area contributed by atoms with Crippen LogP contribution in [0.2, 0.25) is 0 Å². The summed E-state index contributed by atoms with van der Waals surface area (Å²) >= 11 is 1.48. The van der Waals surface area contributed by atoms with Gasteiger partial charge in [0.15, 0.2) is 0 Å². The lowest BCUT2D eigenvalue weighted by atomic mass is 10.3. The van der Waals surface area contributed by atoms with Crippen LogP contribution in [-0.4, -0.2) is 65.8 Å². The van der Waals surface area contributed by atoms with Gasteiger partial charge in [0.1, 0.15) is 6.04 Å². The number of hydrogen-bond donors (Lipinski definition) is 1. The molecule has 1 fully saturated rings. The normalized spacial score (nSPS) is 22.3. The van der Waals surface area contributed by atoms with E-state index >= 15 is 0 Å². The van der Waals surface area contributed by atoms with Gasteiger partial charge in [0.05, 0.1) is 0 Å². The summed E-state index contributed by atoms with van der Waals surface area (Å²) in [6.07, 6.45) is 1.67. The number of thioether (sulfide) groups is 1. The molecule has 0 bridgehead atoms. The van der Waals surface area contributed by atoms with Crippen molar-refractivity contribution in [3.63, 3.8) is 0 Å². The SMILES string of the molecule is CCCCN(C)S(=O)(=O)N1CCSCC1C(=O)O. The fourth-order valence-corrected chi connectivity index (χ4v) is 4.51. The van der Waals surface area contributed by atoms with E-state index in [1.54, 1.807) is 0 Å². The maximum absolute atomic E-state index is 12.3. The van der Waals surface area contributed by atoms with Gasteiger partial charge in [0.2, 0.25) is 0 Å². The summed E-state index contributed by atoms with van der Waals surface area (Å²) in [7, 11) is -2.15. The molecule has 0 saturated carbocycles. The number of unbranched alkanes of at least 4 members (excludes halogenated alkanes) is 1. The van der Waals surface area contributed by atoms with E-state index in [0.717, 1.165) is 17.1 Å². The third-order valence-electron chi connectivity index (χ3n) is 2.88. The van der Waals surface area contributed by atoms with E-state index in [9.17, 15) is 13.2 Å². The van der Waals surface area contributed by atoms with Crippen molar-refractivity contribution in [3.8, 4) is 0 Å². The van der Waals surface area contributed by atoms with Gasteiger partial charge in [-0.1, -0.05) is 13.3 Å². The predicted molar refractivity (Wildman–Crippen MR) is 71.9 cm³/mol. The molecular weight excluding hydrogens is 276 g/mol. The molecule has 1 unspecified atom stereocenters. The molecule has 1 aliphatic rings. The van der Waals surface area contributed by atoms with E-state index in [0.29, 0.717) is 18.1 Å². The molecule has 1 aliphatic heterocycles. The highest BCUT2D eigenvalue weighted by Gasteiger charge is 2.38. The Morgan fingerprint density at radius 2 is 2.22 bits per heavy atom. The molecule has 1 rings (SSSR count). The largest absolute Gasteiger partial charge is 0.480 e. The summed E-state index contributed by atoms with van der Waals surface area (Å²) in [6, 6.07) is -0.946. The first kappa shape index (κ1) is 15.7. The van der Waals surface area contributed by atoms with Crippen molar-refractivity contribution >= 4 is 27.9 Å². The summed E-state index contributed by atoms with van der Waals surface area (Å²) in [4.78, 5) is 11.1. The summed E-state index contributed by atoms with van der Waals surface area (Å²) in [5.74, 6) is -0.115. The van der Waals surface area contributed by atoms with E-state index in [4.69, 9.17) is 5.11 Å². The van der Waals surface area contributed by atoms with Gasteiger partial charge >= 0.3 is 5.97 Å². The second-order valence-corrected chi connectivity index (χ2v) is 7.36. The average molecular weight is 296 g/mol. The number of carboxylic acid groups (broad SMARTS) is 1. The van der Waals surface area contributed by atoms with Gasteiger partial charge in [0.25, 0.3) is 10.2 Å². The van der Waals surface area contributed by atoms with E-state index in [1.807, 2.05) is 6.92 Å². The van der Waals surface area contributed by atoms with Gasteiger partial charge < -0.3 is 5.11 Å². The number of hydrogen-bond acceptors (Lipinski definition) is 4. The lowest BCUT2D eigenvalue weighted by molar-refractivity contribution is -0.140. The van der Waals surface area contributed by atoms with Crippen LogP contribution in [0.1, 0.15) is 19.8 Å². The summed E-state index contributed by atoms with van der Waals surface area (Å²) < 4.78 is 26.9. The zero-order valence-corrected chi connectivity index (χ0v) is 12.3. The van der Waals surface area contributed by atoms with Crippen LogP contribution in [0, 0.1) is 0 Å². The van der Waals surface area contributed by atoms with Crippen LogP contribution in [0.15, 0.2) is 0 Å². The van der Waals surface area contributed by atoms with Crippen LogP contribution in [0.4, 0.5) is 0 Å². The highest BCUT2D eigenvalue weighted by molar-refractivity contribution is 7.99. The zero-order chi connectivity index (χ0) is 13.8. The summed E-state index contributed by atoms with van der Waals surface area (Å²) in [5, 5.41) is 9.09. The number of rotatable bonds is 6. The standard InChI is InChI=1S/C10H20N2O4S2/c1-3-4-5-11(2)18(15,16)12-6-7-17-8-9(12)10(13)14/h9H,3-8H2,1-2H3,(H,13,14). The summed E-state index contributed by atoms with van der Waals surface area (Å²) in [6.45, 7) is 2.67. The van der Waals surface area contributed by atoms with E-state index in [2.05, 4.69) is 0 Å². The molecule has 106 valence electrons. The maximum atomic E-state index is 12.3. The van der Waals surface area contributed by atoms with Gasteiger partial charge in [-0.25, -0.2) is 0 Å². The van der Waals surface area contributed by atoms with E-state index < -0.39 is 22.2 Å². The Hall–Kier alpha value is -0.310. The van der Waals surface area contributed by atoms with Gasteiger partial charge in [-0.2, -0.15) is 28.8 Å². The molecule has 6 nitrogen and oxygen atoms in total. The number of carbonyl (C=O) groups is 1. The first-order chi connectivity index (χ1) is 8.41. The van der Waals surface area contributed by atoms with Crippen LogP contribution < -0.4 is 0 Å². The second-order valence-electron chi connectivity index (χ2n) is 4.22. The minimum absolute atomic E-state index is 0.264. The minimum Gasteiger partial charge on any atom is -0.480 e.